The molecule has 0 amide bonds. The van der Waals surface area contributed by atoms with E-state index in [0.717, 1.165) is 11.3 Å². The second kappa shape index (κ2) is 8.00. The van der Waals surface area contributed by atoms with E-state index >= 15 is 0 Å². The lowest BCUT2D eigenvalue weighted by Crippen LogP contribution is -2.13. The van der Waals surface area contributed by atoms with Crippen LogP contribution < -0.4 is 5.73 Å². The van der Waals surface area contributed by atoms with Gasteiger partial charge in [0, 0.05) is 5.56 Å². The van der Waals surface area contributed by atoms with Gasteiger partial charge in [0.1, 0.15) is 33.4 Å². The molecule has 140 valence electrons. The second-order valence-electron chi connectivity index (χ2n) is 5.12. The topological polar surface area (TPSA) is 131 Å². The van der Waals surface area contributed by atoms with Crippen molar-refractivity contribution in [3.05, 3.63) is 33.0 Å². The zero-order valence-electron chi connectivity index (χ0n) is 14.7. The normalized spacial score (nSPS) is 10.5. The van der Waals surface area contributed by atoms with Gasteiger partial charge in [-0.3, -0.25) is 0 Å². The van der Waals surface area contributed by atoms with Crippen LogP contribution in [0.15, 0.2) is 4.52 Å². The summed E-state index contributed by atoms with van der Waals surface area (Å²) in [6, 6.07) is 0. The first-order chi connectivity index (χ1) is 12.3. The highest BCUT2D eigenvalue weighted by Crippen LogP contribution is 2.33. The number of aromatic nitrogens is 1. The van der Waals surface area contributed by atoms with Gasteiger partial charge in [-0.15, -0.1) is 11.3 Å². The number of nitrogens with zero attached hydrogens (tertiary/aromatic N) is 1. The number of aryl methyl sites for hydroxylation is 2. The second-order valence-corrected chi connectivity index (χ2v) is 6.17. The summed E-state index contributed by atoms with van der Waals surface area (Å²) in [6.07, 6.45) is 0.480. The minimum absolute atomic E-state index is 0.0246. The molecule has 2 aromatic rings. The Kier molecular flexibility index (Phi) is 5.98. The first kappa shape index (κ1) is 19.4. The predicted octanol–water partition coefficient (Wildman–Crippen LogP) is 2.12. The molecular formula is C16H18N2O7S. The average Bonchev–Trinajstić information content (AvgIpc) is 3.17. The summed E-state index contributed by atoms with van der Waals surface area (Å²) < 4.78 is 19.7. The Labute approximate surface area is 153 Å². The van der Waals surface area contributed by atoms with Gasteiger partial charge < -0.3 is 24.5 Å². The molecule has 0 unspecified atom stereocenters. The van der Waals surface area contributed by atoms with Crippen molar-refractivity contribution in [1.29, 1.82) is 0 Å². The summed E-state index contributed by atoms with van der Waals surface area (Å²) in [5, 5.41) is 3.86. The Balaban J connectivity index is 2.36. The van der Waals surface area contributed by atoms with Crippen molar-refractivity contribution in [2.24, 2.45) is 0 Å². The van der Waals surface area contributed by atoms with Crippen LogP contribution in [0.25, 0.3) is 0 Å². The van der Waals surface area contributed by atoms with Crippen LogP contribution >= 0.6 is 11.3 Å². The van der Waals surface area contributed by atoms with Crippen LogP contribution in [0.2, 0.25) is 0 Å². The summed E-state index contributed by atoms with van der Waals surface area (Å²) in [6.45, 7) is 3.04. The van der Waals surface area contributed by atoms with Gasteiger partial charge in [-0.2, -0.15) is 0 Å². The van der Waals surface area contributed by atoms with E-state index in [2.05, 4.69) is 9.89 Å². The Morgan fingerprint density at radius 2 is 1.77 bits per heavy atom. The number of nitrogens with two attached hydrogens (primary N) is 1. The predicted molar refractivity (Wildman–Crippen MR) is 91.1 cm³/mol. The fourth-order valence-corrected chi connectivity index (χ4v) is 3.32. The van der Waals surface area contributed by atoms with Gasteiger partial charge in [-0.1, -0.05) is 12.1 Å². The van der Waals surface area contributed by atoms with E-state index in [4.69, 9.17) is 19.7 Å². The van der Waals surface area contributed by atoms with Crippen molar-refractivity contribution < 1.29 is 33.1 Å². The number of anilines is 1. The summed E-state index contributed by atoms with van der Waals surface area (Å²) in [5.74, 6) is -1.80. The molecule has 0 radical (unpaired) electrons. The van der Waals surface area contributed by atoms with Crippen molar-refractivity contribution in [3.63, 3.8) is 0 Å². The van der Waals surface area contributed by atoms with Crippen molar-refractivity contribution in [2.45, 2.75) is 26.9 Å². The lowest BCUT2D eigenvalue weighted by Gasteiger charge is -2.08. The van der Waals surface area contributed by atoms with E-state index in [1.807, 2.05) is 6.92 Å². The third kappa shape index (κ3) is 3.54. The van der Waals surface area contributed by atoms with Crippen LogP contribution in [-0.2, 0) is 27.2 Å². The average molecular weight is 382 g/mol. The van der Waals surface area contributed by atoms with Crippen LogP contribution in [0.5, 0.6) is 0 Å². The van der Waals surface area contributed by atoms with Gasteiger partial charge in [0.15, 0.2) is 0 Å². The number of rotatable bonds is 6. The summed E-state index contributed by atoms with van der Waals surface area (Å²) in [4.78, 5) is 36.4. The number of hydrogen-bond acceptors (Lipinski definition) is 10. The minimum atomic E-state index is -0.740. The van der Waals surface area contributed by atoms with Crippen LogP contribution in [0.3, 0.4) is 0 Å². The number of carbonyl (C=O) groups excluding carboxylic acids is 3. The molecule has 0 saturated carbocycles. The van der Waals surface area contributed by atoms with E-state index in [1.54, 1.807) is 6.92 Å². The third-order valence-electron chi connectivity index (χ3n) is 3.61. The molecule has 0 aromatic carbocycles. The molecular weight excluding hydrogens is 364 g/mol. The number of methoxy groups -OCH3 is 2. The van der Waals surface area contributed by atoms with Gasteiger partial charge in [-0.25, -0.2) is 14.4 Å². The van der Waals surface area contributed by atoms with E-state index in [0.29, 0.717) is 17.9 Å². The van der Waals surface area contributed by atoms with Crippen molar-refractivity contribution >= 4 is 34.2 Å². The van der Waals surface area contributed by atoms with Gasteiger partial charge in [0.25, 0.3) is 0 Å². The number of esters is 3. The fourth-order valence-electron chi connectivity index (χ4n) is 2.34. The van der Waals surface area contributed by atoms with Crippen molar-refractivity contribution in [1.82, 2.24) is 5.16 Å². The van der Waals surface area contributed by atoms with E-state index in [9.17, 15) is 14.4 Å². The Bertz CT molecular complexity index is 853. The highest BCUT2D eigenvalue weighted by molar-refractivity contribution is 7.18. The Morgan fingerprint density at radius 3 is 2.35 bits per heavy atom. The molecule has 0 saturated heterocycles. The van der Waals surface area contributed by atoms with E-state index in [1.165, 1.54) is 14.2 Å². The minimum Gasteiger partial charge on any atom is -0.465 e. The number of thiophene rings is 1. The Hall–Kier alpha value is -2.88. The first-order valence-corrected chi connectivity index (χ1v) is 8.37. The molecule has 0 aliphatic rings. The third-order valence-corrected chi connectivity index (χ3v) is 4.66. The zero-order chi connectivity index (χ0) is 19.4. The molecule has 0 atom stereocenters. The van der Waals surface area contributed by atoms with Crippen LogP contribution in [-0.4, -0.2) is 37.3 Å². The largest absolute Gasteiger partial charge is 0.465 e. The number of carbonyl (C=O) groups is 3. The van der Waals surface area contributed by atoms with E-state index < -0.39 is 17.9 Å². The number of ether oxygens (including phenoxy) is 3. The number of nitrogen functional groups attached to an aromatic ring is 1. The molecule has 0 aliphatic carbocycles. The SMILES string of the molecule is CCc1noc(C)c1C(=O)OCc1c(C(=O)OC)sc(N)c1C(=O)OC. The summed E-state index contributed by atoms with van der Waals surface area (Å²) >= 11 is 0.858. The summed E-state index contributed by atoms with van der Waals surface area (Å²) in [7, 11) is 2.38. The Morgan fingerprint density at radius 1 is 1.12 bits per heavy atom. The molecule has 2 N–H and O–H groups in total. The van der Waals surface area contributed by atoms with Gasteiger partial charge in [-0.05, 0) is 13.3 Å². The molecule has 0 fully saturated rings. The molecule has 10 heteroatoms. The molecule has 26 heavy (non-hydrogen) atoms. The van der Waals surface area contributed by atoms with E-state index in [-0.39, 0.29) is 33.2 Å². The maximum atomic E-state index is 12.4. The van der Waals surface area contributed by atoms with Crippen molar-refractivity contribution in [2.75, 3.05) is 20.0 Å². The maximum Gasteiger partial charge on any atom is 0.348 e. The van der Waals surface area contributed by atoms with Crippen molar-refractivity contribution in [3.8, 4) is 0 Å². The van der Waals surface area contributed by atoms with Gasteiger partial charge in [0.05, 0.1) is 19.9 Å². The molecule has 0 bridgehead atoms. The zero-order valence-corrected chi connectivity index (χ0v) is 15.5. The highest BCUT2D eigenvalue weighted by Gasteiger charge is 2.29. The molecule has 2 heterocycles. The van der Waals surface area contributed by atoms with Gasteiger partial charge in [0.2, 0.25) is 0 Å². The molecule has 2 aromatic heterocycles. The molecule has 9 nitrogen and oxygen atoms in total. The standard InChI is InChI=1S/C16H18N2O7S/c1-5-9-10(7(2)25-18-9)15(20)24-6-8-11(14(19)22-3)13(17)26-12(8)16(21)23-4/h5-6,17H2,1-4H3. The smallest absolute Gasteiger partial charge is 0.348 e. The highest BCUT2D eigenvalue weighted by atomic mass is 32.1. The molecule has 2 rings (SSSR count). The summed E-state index contributed by atoms with van der Waals surface area (Å²) in [5.41, 5.74) is 6.61. The maximum absolute atomic E-state index is 12.4. The lowest BCUT2D eigenvalue weighted by molar-refractivity contribution is 0.0449. The molecule has 0 spiro atoms. The van der Waals surface area contributed by atoms with Crippen LogP contribution in [0.4, 0.5) is 5.00 Å². The van der Waals surface area contributed by atoms with Gasteiger partial charge >= 0.3 is 17.9 Å². The van der Waals surface area contributed by atoms with Crippen LogP contribution in [0, 0.1) is 6.92 Å². The lowest BCUT2D eigenvalue weighted by atomic mass is 10.1. The first-order valence-electron chi connectivity index (χ1n) is 7.55. The number of hydrogen-bond donors (Lipinski definition) is 1. The fraction of sp³-hybridized carbons (Fsp3) is 0.375. The quantitative estimate of drug-likeness (QED) is 0.589. The van der Waals surface area contributed by atoms with Crippen LogP contribution in [0.1, 0.15) is 54.3 Å². The molecule has 0 aliphatic heterocycles. The monoisotopic (exact) mass is 382 g/mol.